The van der Waals surface area contributed by atoms with E-state index < -0.39 is 30.2 Å². The highest BCUT2D eigenvalue weighted by Crippen LogP contribution is 2.45. The Morgan fingerprint density at radius 2 is 1.97 bits per heavy atom. The molecule has 2 bridgehead atoms. The van der Waals surface area contributed by atoms with Crippen LogP contribution in [0.1, 0.15) is 25.7 Å². The van der Waals surface area contributed by atoms with E-state index >= 15 is 0 Å². The number of alkyl halides is 1. The first-order valence-electron chi connectivity index (χ1n) is 11.6. The second-order valence-corrected chi connectivity index (χ2v) is 9.28. The Balaban J connectivity index is 1.58. The van der Waals surface area contributed by atoms with E-state index in [-0.39, 0.29) is 40.9 Å². The molecule has 0 saturated heterocycles. The number of aliphatic carboxylic acids is 1. The topological polar surface area (TPSA) is 96.2 Å². The number of nitrogens with one attached hydrogen (secondary N) is 1. The highest BCUT2D eigenvalue weighted by Gasteiger charge is 2.45. The summed E-state index contributed by atoms with van der Waals surface area (Å²) in [6, 6.07) is 3.73. The van der Waals surface area contributed by atoms with E-state index in [1.165, 1.54) is 12.3 Å². The van der Waals surface area contributed by atoms with Crippen LogP contribution in [0.5, 0.6) is 0 Å². The van der Waals surface area contributed by atoms with Crippen LogP contribution in [0.3, 0.4) is 0 Å². The Kier molecular flexibility index (Phi) is 5.12. The van der Waals surface area contributed by atoms with E-state index in [1.54, 1.807) is 16.8 Å². The smallest absolute Gasteiger partial charge is 0.312 e. The Bertz CT molecular complexity index is 1500. The van der Waals surface area contributed by atoms with E-state index in [2.05, 4.69) is 15.0 Å². The maximum atomic E-state index is 14.3. The molecule has 7 rings (SSSR count). The predicted octanol–water partition coefficient (Wildman–Crippen LogP) is 5.42. The van der Waals surface area contributed by atoms with Crippen molar-refractivity contribution in [2.45, 2.75) is 32.2 Å². The fourth-order valence-corrected chi connectivity index (χ4v) is 5.72. The van der Waals surface area contributed by atoms with Crippen molar-refractivity contribution < 1.29 is 23.1 Å². The minimum absolute atomic E-state index is 0.0451. The molecule has 2 N–H and O–H groups in total. The number of aromatic amines is 1. The molecule has 35 heavy (non-hydrogen) atoms. The summed E-state index contributed by atoms with van der Waals surface area (Å²) in [5.74, 6) is -2.47. The third-order valence-corrected chi connectivity index (χ3v) is 7.35. The number of benzene rings is 1. The van der Waals surface area contributed by atoms with Crippen LogP contribution in [-0.2, 0) is 11.3 Å². The van der Waals surface area contributed by atoms with Crippen molar-refractivity contribution in [1.82, 2.24) is 19.5 Å². The minimum atomic E-state index is -0.888. The Labute approximate surface area is 197 Å². The van der Waals surface area contributed by atoms with Crippen molar-refractivity contribution in [2.24, 2.45) is 22.7 Å². The molecule has 1 atom stereocenters. The van der Waals surface area contributed by atoms with E-state index in [9.17, 15) is 23.1 Å². The molecule has 4 aromatic rings. The number of aromatic nitrogens is 4. The number of hydrogen-bond donors (Lipinski definition) is 2. The lowest BCUT2D eigenvalue weighted by atomic mass is 9.63. The van der Waals surface area contributed by atoms with Gasteiger partial charge in [-0.15, -0.1) is 0 Å². The molecule has 0 radical (unpaired) electrons. The highest BCUT2D eigenvalue weighted by atomic mass is 19.1. The van der Waals surface area contributed by atoms with Crippen LogP contribution < -0.4 is 0 Å². The van der Waals surface area contributed by atoms with Gasteiger partial charge in [-0.05, 0) is 49.7 Å². The monoisotopic (exact) mass is 481 g/mol. The largest absolute Gasteiger partial charge is 0.481 e. The van der Waals surface area contributed by atoms with Crippen LogP contribution in [-0.4, -0.2) is 43.0 Å². The zero-order valence-corrected chi connectivity index (χ0v) is 18.6. The molecular formula is C25H22F3N5O2. The van der Waals surface area contributed by atoms with Crippen molar-refractivity contribution in [3.05, 3.63) is 42.2 Å². The first-order chi connectivity index (χ1) is 16.9. The molecule has 0 spiro atoms. The first-order valence-corrected chi connectivity index (χ1v) is 11.6. The molecule has 3 aromatic heterocycles. The van der Waals surface area contributed by atoms with Gasteiger partial charge in [-0.3, -0.25) is 4.79 Å². The number of aliphatic imine (C=N–C) groups is 1. The molecule has 0 unspecified atom stereocenters. The van der Waals surface area contributed by atoms with Crippen LogP contribution in [0, 0.1) is 29.4 Å². The second-order valence-electron chi connectivity index (χ2n) is 9.28. The summed E-state index contributed by atoms with van der Waals surface area (Å²) in [5.41, 5.74) is 1.52. The van der Waals surface area contributed by atoms with E-state index in [0.717, 1.165) is 31.7 Å². The first kappa shape index (κ1) is 21.8. The van der Waals surface area contributed by atoms with Gasteiger partial charge in [0.05, 0.1) is 23.4 Å². The second kappa shape index (κ2) is 8.21. The summed E-state index contributed by atoms with van der Waals surface area (Å²) < 4.78 is 43.2. The minimum Gasteiger partial charge on any atom is -0.481 e. The van der Waals surface area contributed by atoms with Crippen LogP contribution in [0.25, 0.3) is 33.3 Å². The quantitative estimate of drug-likeness (QED) is 0.398. The molecule has 3 aliphatic carbocycles. The SMILES string of the molecule is O=C(O)[C@H]1C(=Nc2nc(-c3c[nH]c4c(F)cc(F)cc34)nc3c2ccn3CCF)C2CCC1CC2. The van der Waals surface area contributed by atoms with E-state index in [1.807, 2.05) is 0 Å². The van der Waals surface area contributed by atoms with Gasteiger partial charge >= 0.3 is 5.97 Å². The van der Waals surface area contributed by atoms with Gasteiger partial charge in [0.1, 0.15) is 24.0 Å². The molecular weight excluding hydrogens is 459 g/mol. The van der Waals surface area contributed by atoms with Crippen molar-refractivity contribution in [3.8, 4) is 11.4 Å². The summed E-state index contributed by atoms with van der Waals surface area (Å²) in [7, 11) is 0. The maximum Gasteiger partial charge on any atom is 0.312 e. The number of rotatable bonds is 5. The van der Waals surface area contributed by atoms with E-state index in [4.69, 9.17) is 4.99 Å². The fraction of sp³-hybridized carbons (Fsp3) is 0.360. The van der Waals surface area contributed by atoms with Gasteiger partial charge in [0.2, 0.25) is 0 Å². The normalized spacial score (nSPS) is 23.1. The molecule has 3 saturated carbocycles. The molecule has 10 heteroatoms. The molecule has 180 valence electrons. The lowest BCUT2D eigenvalue weighted by Gasteiger charge is -2.41. The van der Waals surface area contributed by atoms with Crippen molar-refractivity contribution in [1.29, 1.82) is 0 Å². The number of nitrogens with zero attached hydrogens (tertiary/aromatic N) is 4. The lowest BCUT2D eigenvalue weighted by Crippen LogP contribution is -2.44. The average molecular weight is 481 g/mol. The number of carboxylic acid groups (broad SMARTS) is 1. The van der Waals surface area contributed by atoms with Crippen molar-refractivity contribution in [2.75, 3.05) is 6.67 Å². The Hall–Kier alpha value is -3.69. The van der Waals surface area contributed by atoms with Crippen LogP contribution in [0.4, 0.5) is 19.0 Å². The highest BCUT2D eigenvalue weighted by molar-refractivity contribution is 6.06. The van der Waals surface area contributed by atoms with Gasteiger partial charge in [0, 0.05) is 35.1 Å². The number of carboxylic acids is 1. The van der Waals surface area contributed by atoms with Crippen LogP contribution >= 0.6 is 0 Å². The molecule has 3 heterocycles. The lowest BCUT2D eigenvalue weighted by molar-refractivity contribution is -0.142. The number of hydrogen-bond acceptors (Lipinski definition) is 4. The zero-order chi connectivity index (χ0) is 24.3. The zero-order valence-electron chi connectivity index (χ0n) is 18.6. The van der Waals surface area contributed by atoms with Gasteiger partial charge in [0.25, 0.3) is 0 Å². The summed E-state index contributed by atoms with van der Waals surface area (Å²) in [4.78, 5) is 29.0. The van der Waals surface area contributed by atoms with Gasteiger partial charge in [-0.1, -0.05) is 0 Å². The van der Waals surface area contributed by atoms with Crippen molar-refractivity contribution >= 4 is 39.4 Å². The summed E-state index contributed by atoms with van der Waals surface area (Å²) in [6.07, 6.45) is 6.68. The number of halogens is 3. The number of fused-ring (bicyclic) bond motifs is 5. The van der Waals surface area contributed by atoms with Gasteiger partial charge in [0.15, 0.2) is 11.6 Å². The number of aryl methyl sites for hydroxylation is 1. The number of carbonyl (C=O) groups is 1. The molecule has 7 nitrogen and oxygen atoms in total. The predicted molar refractivity (Wildman–Crippen MR) is 124 cm³/mol. The Morgan fingerprint density at radius 3 is 2.71 bits per heavy atom. The van der Waals surface area contributed by atoms with E-state index in [0.29, 0.717) is 22.3 Å². The fourth-order valence-electron chi connectivity index (χ4n) is 5.72. The van der Waals surface area contributed by atoms with Crippen LogP contribution in [0.2, 0.25) is 0 Å². The van der Waals surface area contributed by atoms with Crippen molar-refractivity contribution in [3.63, 3.8) is 0 Å². The van der Waals surface area contributed by atoms with Crippen LogP contribution in [0.15, 0.2) is 35.6 Å². The summed E-state index contributed by atoms with van der Waals surface area (Å²) in [6.45, 7) is -0.545. The molecule has 3 fully saturated rings. The average Bonchev–Trinajstić information content (AvgIpc) is 3.44. The molecule has 1 aromatic carbocycles. The summed E-state index contributed by atoms with van der Waals surface area (Å²) >= 11 is 0. The third kappa shape index (κ3) is 3.50. The standard InChI is InChI=1S/C25H22F3N5O2/c26-6-8-33-7-5-15-22(30-20-13-3-1-12(2-4-13)19(20)25(34)35)31-23(32-24(15)33)17-11-29-21-16(17)9-14(27)10-18(21)28/h5,7,9-13,19,29H,1-4,6,8H2,(H,34,35)/t12?,13?,19-/m1/s1. The maximum absolute atomic E-state index is 14.3. The van der Waals surface area contributed by atoms with Gasteiger partial charge in [-0.2, -0.15) is 0 Å². The molecule has 0 amide bonds. The molecule has 3 aliphatic rings. The van der Waals surface area contributed by atoms with Gasteiger partial charge < -0.3 is 14.7 Å². The molecule has 0 aliphatic heterocycles. The Morgan fingerprint density at radius 1 is 1.17 bits per heavy atom. The van der Waals surface area contributed by atoms with Gasteiger partial charge in [-0.25, -0.2) is 28.1 Å². The third-order valence-electron chi connectivity index (χ3n) is 7.35. The number of H-pyrrole nitrogens is 1. The summed E-state index contributed by atoms with van der Waals surface area (Å²) in [5, 5.41) is 10.8.